The SMILES string of the molecule is NC1CCN(c2cccc(C(F)(F)F)c2)C1. The maximum atomic E-state index is 12.5. The molecule has 0 bridgehead atoms. The van der Waals surface area contributed by atoms with Crippen LogP contribution in [-0.2, 0) is 6.18 Å². The molecule has 0 radical (unpaired) electrons. The Hall–Kier alpha value is -1.23. The number of hydrogen-bond acceptors (Lipinski definition) is 2. The second-order valence-corrected chi connectivity index (χ2v) is 4.04. The van der Waals surface area contributed by atoms with Gasteiger partial charge in [-0.15, -0.1) is 0 Å². The summed E-state index contributed by atoms with van der Waals surface area (Å²) in [5.74, 6) is 0. The van der Waals surface area contributed by atoms with Gasteiger partial charge < -0.3 is 10.6 Å². The van der Waals surface area contributed by atoms with Crippen molar-refractivity contribution in [2.45, 2.75) is 18.6 Å². The Morgan fingerprint density at radius 3 is 2.62 bits per heavy atom. The smallest absolute Gasteiger partial charge is 0.370 e. The molecule has 0 spiro atoms. The first-order valence-corrected chi connectivity index (χ1v) is 5.14. The third-order valence-electron chi connectivity index (χ3n) is 2.76. The molecule has 2 N–H and O–H groups in total. The van der Waals surface area contributed by atoms with Gasteiger partial charge in [0.2, 0.25) is 0 Å². The number of benzene rings is 1. The summed E-state index contributed by atoms with van der Waals surface area (Å²) < 4.78 is 37.5. The Kier molecular flexibility index (Phi) is 2.80. The van der Waals surface area contributed by atoms with Crippen LogP contribution in [-0.4, -0.2) is 19.1 Å². The van der Waals surface area contributed by atoms with E-state index in [-0.39, 0.29) is 6.04 Å². The van der Waals surface area contributed by atoms with Gasteiger partial charge in [0.1, 0.15) is 0 Å². The Morgan fingerprint density at radius 1 is 1.31 bits per heavy atom. The van der Waals surface area contributed by atoms with Crippen LogP contribution in [0.1, 0.15) is 12.0 Å². The highest BCUT2D eigenvalue weighted by molar-refractivity contribution is 5.50. The number of nitrogens with two attached hydrogens (primary N) is 1. The molecule has 5 heteroatoms. The lowest BCUT2D eigenvalue weighted by atomic mass is 10.2. The largest absolute Gasteiger partial charge is 0.416 e. The number of alkyl halides is 3. The summed E-state index contributed by atoms with van der Waals surface area (Å²) >= 11 is 0. The monoisotopic (exact) mass is 230 g/mol. The highest BCUT2D eigenvalue weighted by Crippen LogP contribution is 2.32. The predicted molar refractivity (Wildman–Crippen MR) is 56.2 cm³/mol. The van der Waals surface area contributed by atoms with Crippen molar-refractivity contribution < 1.29 is 13.2 Å². The number of rotatable bonds is 1. The van der Waals surface area contributed by atoms with E-state index in [1.807, 2.05) is 4.90 Å². The van der Waals surface area contributed by atoms with Crippen LogP contribution in [0.15, 0.2) is 24.3 Å². The lowest BCUT2D eigenvalue weighted by molar-refractivity contribution is -0.137. The first-order valence-electron chi connectivity index (χ1n) is 5.14. The van der Waals surface area contributed by atoms with Crippen LogP contribution < -0.4 is 10.6 Å². The van der Waals surface area contributed by atoms with Crippen molar-refractivity contribution in [3.8, 4) is 0 Å². The van der Waals surface area contributed by atoms with Gasteiger partial charge in [-0.05, 0) is 24.6 Å². The molecule has 1 fully saturated rings. The van der Waals surface area contributed by atoms with E-state index in [1.165, 1.54) is 12.1 Å². The van der Waals surface area contributed by atoms with Crippen molar-refractivity contribution in [1.82, 2.24) is 0 Å². The third-order valence-corrected chi connectivity index (χ3v) is 2.76. The van der Waals surface area contributed by atoms with Crippen molar-refractivity contribution in [2.24, 2.45) is 5.73 Å². The molecule has 1 saturated heterocycles. The molecule has 0 amide bonds. The van der Waals surface area contributed by atoms with Crippen molar-refractivity contribution >= 4 is 5.69 Å². The fourth-order valence-electron chi connectivity index (χ4n) is 1.90. The van der Waals surface area contributed by atoms with Crippen LogP contribution in [0.4, 0.5) is 18.9 Å². The molecule has 1 aliphatic heterocycles. The normalized spacial score (nSPS) is 21.5. The molecule has 1 aromatic rings. The fraction of sp³-hybridized carbons (Fsp3) is 0.455. The van der Waals surface area contributed by atoms with Gasteiger partial charge in [-0.1, -0.05) is 6.07 Å². The molecular weight excluding hydrogens is 217 g/mol. The van der Waals surface area contributed by atoms with Crippen LogP contribution in [0.2, 0.25) is 0 Å². The highest BCUT2D eigenvalue weighted by Gasteiger charge is 2.31. The molecule has 1 aromatic carbocycles. The lowest BCUT2D eigenvalue weighted by Gasteiger charge is -2.19. The fourth-order valence-corrected chi connectivity index (χ4v) is 1.90. The summed E-state index contributed by atoms with van der Waals surface area (Å²) in [4.78, 5) is 1.89. The zero-order chi connectivity index (χ0) is 11.8. The Balaban J connectivity index is 2.23. The van der Waals surface area contributed by atoms with E-state index in [2.05, 4.69) is 0 Å². The minimum Gasteiger partial charge on any atom is -0.370 e. The topological polar surface area (TPSA) is 29.3 Å². The molecule has 1 heterocycles. The molecule has 1 aliphatic rings. The maximum absolute atomic E-state index is 12.5. The molecule has 1 unspecified atom stereocenters. The van der Waals surface area contributed by atoms with Gasteiger partial charge in [0, 0.05) is 24.8 Å². The number of halogens is 3. The van der Waals surface area contributed by atoms with Crippen molar-refractivity contribution in [1.29, 1.82) is 0 Å². The first kappa shape index (κ1) is 11.3. The number of hydrogen-bond donors (Lipinski definition) is 1. The maximum Gasteiger partial charge on any atom is 0.416 e. The number of anilines is 1. The van der Waals surface area contributed by atoms with Gasteiger partial charge in [0.05, 0.1) is 5.56 Å². The zero-order valence-corrected chi connectivity index (χ0v) is 8.67. The number of nitrogens with zero attached hydrogens (tertiary/aromatic N) is 1. The average Bonchev–Trinajstić information content (AvgIpc) is 2.64. The van der Waals surface area contributed by atoms with Gasteiger partial charge in [-0.25, -0.2) is 0 Å². The van der Waals surface area contributed by atoms with Crippen molar-refractivity contribution in [2.75, 3.05) is 18.0 Å². The molecule has 16 heavy (non-hydrogen) atoms. The van der Waals surface area contributed by atoms with E-state index in [0.29, 0.717) is 12.2 Å². The molecular formula is C11H13F3N2. The Bertz CT molecular complexity index is 376. The first-order chi connectivity index (χ1) is 7.47. The Morgan fingerprint density at radius 2 is 2.06 bits per heavy atom. The Labute approximate surface area is 91.8 Å². The third kappa shape index (κ3) is 2.29. The van der Waals surface area contributed by atoms with Gasteiger partial charge in [-0.2, -0.15) is 13.2 Å². The summed E-state index contributed by atoms with van der Waals surface area (Å²) in [5, 5.41) is 0. The molecule has 88 valence electrons. The summed E-state index contributed by atoms with van der Waals surface area (Å²) in [5.41, 5.74) is 5.72. The summed E-state index contributed by atoms with van der Waals surface area (Å²) in [6.45, 7) is 1.35. The zero-order valence-electron chi connectivity index (χ0n) is 8.67. The summed E-state index contributed by atoms with van der Waals surface area (Å²) in [6, 6.07) is 5.45. The van der Waals surface area contributed by atoms with Crippen molar-refractivity contribution in [3.63, 3.8) is 0 Å². The molecule has 0 aliphatic carbocycles. The summed E-state index contributed by atoms with van der Waals surface area (Å²) in [6.07, 6.45) is -3.45. The molecule has 2 rings (SSSR count). The van der Waals surface area contributed by atoms with Crippen LogP contribution in [0.3, 0.4) is 0 Å². The van der Waals surface area contributed by atoms with E-state index >= 15 is 0 Å². The second-order valence-electron chi connectivity index (χ2n) is 4.04. The van der Waals surface area contributed by atoms with Crippen molar-refractivity contribution in [3.05, 3.63) is 29.8 Å². The second kappa shape index (κ2) is 3.97. The molecule has 1 atom stereocenters. The van der Waals surface area contributed by atoms with Gasteiger partial charge in [-0.3, -0.25) is 0 Å². The van der Waals surface area contributed by atoms with Crippen LogP contribution in [0.25, 0.3) is 0 Å². The van der Waals surface area contributed by atoms with Gasteiger partial charge in [0.25, 0.3) is 0 Å². The average molecular weight is 230 g/mol. The highest BCUT2D eigenvalue weighted by atomic mass is 19.4. The van der Waals surface area contributed by atoms with E-state index in [1.54, 1.807) is 6.07 Å². The summed E-state index contributed by atoms with van der Waals surface area (Å²) in [7, 11) is 0. The van der Waals surface area contributed by atoms with Crippen LogP contribution >= 0.6 is 0 Å². The van der Waals surface area contributed by atoms with E-state index in [9.17, 15) is 13.2 Å². The van der Waals surface area contributed by atoms with E-state index in [4.69, 9.17) is 5.73 Å². The van der Waals surface area contributed by atoms with E-state index < -0.39 is 11.7 Å². The standard InChI is InChI=1S/C11H13F3N2/c12-11(13,14)8-2-1-3-10(6-8)16-5-4-9(15)7-16/h1-3,6,9H,4-5,7,15H2. The molecule has 0 aromatic heterocycles. The quantitative estimate of drug-likeness (QED) is 0.801. The minimum atomic E-state index is -4.28. The molecule has 0 saturated carbocycles. The minimum absolute atomic E-state index is 0.0644. The predicted octanol–water partition coefficient (Wildman–Crippen LogP) is 2.24. The van der Waals surface area contributed by atoms with Gasteiger partial charge >= 0.3 is 6.18 Å². The van der Waals surface area contributed by atoms with Crippen LogP contribution in [0, 0.1) is 0 Å². The lowest BCUT2D eigenvalue weighted by Crippen LogP contribution is -2.26. The molecule has 2 nitrogen and oxygen atoms in total. The van der Waals surface area contributed by atoms with E-state index in [0.717, 1.165) is 19.0 Å². The van der Waals surface area contributed by atoms with Gasteiger partial charge in [0.15, 0.2) is 0 Å². The van der Waals surface area contributed by atoms with Crippen LogP contribution in [0.5, 0.6) is 0 Å².